The SMILES string of the molecule is C=CC(C)N(CC)CCCCC. The zero-order valence-corrected chi connectivity index (χ0v) is 8.84. The van der Waals surface area contributed by atoms with Gasteiger partial charge in [-0.15, -0.1) is 6.58 Å². The molecule has 12 heavy (non-hydrogen) atoms. The second kappa shape index (κ2) is 7.35. The van der Waals surface area contributed by atoms with Crippen molar-refractivity contribution in [3.63, 3.8) is 0 Å². The summed E-state index contributed by atoms with van der Waals surface area (Å²) in [6.45, 7) is 12.8. The first-order valence-corrected chi connectivity index (χ1v) is 5.12. The Hall–Kier alpha value is -0.300. The minimum atomic E-state index is 0.534. The molecule has 1 nitrogen and oxygen atoms in total. The maximum absolute atomic E-state index is 3.82. The molecule has 0 saturated heterocycles. The van der Waals surface area contributed by atoms with Gasteiger partial charge in [0.05, 0.1) is 0 Å². The fraction of sp³-hybridized carbons (Fsp3) is 0.818. The van der Waals surface area contributed by atoms with E-state index >= 15 is 0 Å². The molecular formula is C11H23N. The quantitative estimate of drug-likeness (QED) is 0.418. The van der Waals surface area contributed by atoms with Gasteiger partial charge in [-0.3, -0.25) is 4.90 Å². The van der Waals surface area contributed by atoms with Crippen LogP contribution >= 0.6 is 0 Å². The zero-order valence-electron chi connectivity index (χ0n) is 8.84. The fourth-order valence-corrected chi connectivity index (χ4v) is 1.36. The van der Waals surface area contributed by atoms with Gasteiger partial charge >= 0.3 is 0 Å². The average molecular weight is 169 g/mol. The molecule has 0 aliphatic rings. The van der Waals surface area contributed by atoms with E-state index in [-0.39, 0.29) is 0 Å². The first-order chi connectivity index (χ1) is 5.76. The van der Waals surface area contributed by atoms with Crippen LogP contribution in [0.1, 0.15) is 40.0 Å². The van der Waals surface area contributed by atoms with Crippen LogP contribution in [0.15, 0.2) is 12.7 Å². The summed E-state index contributed by atoms with van der Waals surface area (Å²) in [7, 11) is 0. The van der Waals surface area contributed by atoms with Crippen molar-refractivity contribution in [2.24, 2.45) is 0 Å². The monoisotopic (exact) mass is 169 g/mol. The average Bonchev–Trinajstić information content (AvgIpc) is 2.11. The summed E-state index contributed by atoms with van der Waals surface area (Å²) in [5, 5.41) is 0. The van der Waals surface area contributed by atoms with E-state index in [0.717, 1.165) is 6.54 Å². The Labute approximate surface area is 77.5 Å². The highest BCUT2D eigenvalue weighted by atomic mass is 15.1. The minimum absolute atomic E-state index is 0.534. The molecule has 0 bridgehead atoms. The predicted molar refractivity (Wildman–Crippen MR) is 56.4 cm³/mol. The van der Waals surface area contributed by atoms with E-state index in [1.165, 1.54) is 25.8 Å². The Balaban J connectivity index is 3.59. The van der Waals surface area contributed by atoms with Crippen LogP contribution in [0, 0.1) is 0 Å². The highest BCUT2D eigenvalue weighted by Gasteiger charge is 2.06. The lowest BCUT2D eigenvalue weighted by molar-refractivity contribution is 0.249. The lowest BCUT2D eigenvalue weighted by atomic mass is 10.2. The molecule has 0 radical (unpaired) electrons. The van der Waals surface area contributed by atoms with Crippen LogP contribution in [0.2, 0.25) is 0 Å². The van der Waals surface area contributed by atoms with E-state index in [2.05, 4.69) is 32.3 Å². The van der Waals surface area contributed by atoms with Crippen molar-refractivity contribution in [3.8, 4) is 0 Å². The topological polar surface area (TPSA) is 3.24 Å². The van der Waals surface area contributed by atoms with Crippen molar-refractivity contribution in [1.82, 2.24) is 4.90 Å². The molecule has 1 heteroatoms. The third kappa shape index (κ3) is 4.55. The molecule has 0 aromatic carbocycles. The summed E-state index contributed by atoms with van der Waals surface area (Å²) in [6.07, 6.45) is 6.00. The summed E-state index contributed by atoms with van der Waals surface area (Å²) in [5.41, 5.74) is 0. The van der Waals surface area contributed by atoms with E-state index in [9.17, 15) is 0 Å². The molecule has 0 aromatic heterocycles. The molecule has 0 heterocycles. The van der Waals surface area contributed by atoms with Crippen molar-refractivity contribution in [2.45, 2.75) is 46.1 Å². The third-order valence-electron chi connectivity index (χ3n) is 2.37. The van der Waals surface area contributed by atoms with Crippen LogP contribution in [0.3, 0.4) is 0 Å². The van der Waals surface area contributed by atoms with E-state index in [0.29, 0.717) is 6.04 Å². The second-order valence-electron chi connectivity index (χ2n) is 3.31. The zero-order chi connectivity index (χ0) is 9.40. The summed E-state index contributed by atoms with van der Waals surface area (Å²) in [4.78, 5) is 2.46. The van der Waals surface area contributed by atoms with E-state index < -0.39 is 0 Å². The molecule has 1 unspecified atom stereocenters. The van der Waals surface area contributed by atoms with Gasteiger partial charge in [0.15, 0.2) is 0 Å². The highest BCUT2D eigenvalue weighted by Crippen LogP contribution is 2.03. The normalized spacial score (nSPS) is 13.3. The van der Waals surface area contributed by atoms with Crippen LogP contribution < -0.4 is 0 Å². The lowest BCUT2D eigenvalue weighted by Crippen LogP contribution is -2.32. The standard InChI is InChI=1S/C11H23N/c1-5-8-9-10-12(7-3)11(4)6-2/h6,11H,2,5,7-10H2,1,3-4H3. The van der Waals surface area contributed by atoms with Gasteiger partial charge in [0.1, 0.15) is 0 Å². The molecule has 72 valence electrons. The van der Waals surface area contributed by atoms with Gasteiger partial charge in [0.25, 0.3) is 0 Å². The number of nitrogens with zero attached hydrogens (tertiary/aromatic N) is 1. The summed E-state index contributed by atoms with van der Waals surface area (Å²) >= 11 is 0. The van der Waals surface area contributed by atoms with Gasteiger partial charge in [0, 0.05) is 6.04 Å². The van der Waals surface area contributed by atoms with Crippen molar-refractivity contribution < 1.29 is 0 Å². The summed E-state index contributed by atoms with van der Waals surface area (Å²) < 4.78 is 0. The predicted octanol–water partition coefficient (Wildman–Crippen LogP) is 3.07. The van der Waals surface area contributed by atoms with Crippen molar-refractivity contribution in [1.29, 1.82) is 0 Å². The van der Waals surface area contributed by atoms with Gasteiger partial charge in [0.2, 0.25) is 0 Å². The van der Waals surface area contributed by atoms with Crippen molar-refractivity contribution in [2.75, 3.05) is 13.1 Å². The molecule has 0 amide bonds. The number of rotatable bonds is 7. The van der Waals surface area contributed by atoms with E-state index in [1.807, 2.05) is 6.08 Å². The lowest BCUT2D eigenvalue weighted by Gasteiger charge is -2.24. The van der Waals surface area contributed by atoms with Crippen LogP contribution in [-0.2, 0) is 0 Å². The Kier molecular flexibility index (Phi) is 7.17. The number of hydrogen-bond donors (Lipinski definition) is 0. The van der Waals surface area contributed by atoms with Gasteiger partial charge in [-0.25, -0.2) is 0 Å². The largest absolute Gasteiger partial charge is 0.298 e. The highest BCUT2D eigenvalue weighted by molar-refractivity contribution is 4.83. The molecule has 0 aliphatic heterocycles. The van der Waals surface area contributed by atoms with E-state index in [1.54, 1.807) is 0 Å². The number of unbranched alkanes of at least 4 members (excludes halogenated alkanes) is 2. The Morgan fingerprint density at radius 1 is 1.33 bits per heavy atom. The fourth-order valence-electron chi connectivity index (χ4n) is 1.36. The van der Waals surface area contributed by atoms with Gasteiger partial charge < -0.3 is 0 Å². The van der Waals surface area contributed by atoms with E-state index in [4.69, 9.17) is 0 Å². The molecule has 0 saturated carbocycles. The molecule has 0 rings (SSSR count). The van der Waals surface area contributed by atoms with Gasteiger partial charge in [-0.2, -0.15) is 0 Å². The van der Waals surface area contributed by atoms with Crippen LogP contribution in [-0.4, -0.2) is 24.0 Å². The van der Waals surface area contributed by atoms with Crippen molar-refractivity contribution >= 4 is 0 Å². The second-order valence-corrected chi connectivity index (χ2v) is 3.31. The Bertz CT molecular complexity index is 110. The molecule has 0 aliphatic carbocycles. The summed E-state index contributed by atoms with van der Waals surface area (Å²) in [6, 6.07) is 0.534. The number of likely N-dealkylation sites (N-methyl/N-ethyl adjacent to an activating group) is 1. The molecule has 1 atom stereocenters. The maximum atomic E-state index is 3.82. The van der Waals surface area contributed by atoms with Crippen LogP contribution in [0.5, 0.6) is 0 Å². The smallest absolute Gasteiger partial charge is 0.0247 e. The first-order valence-electron chi connectivity index (χ1n) is 5.12. The van der Waals surface area contributed by atoms with Crippen LogP contribution in [0.25, 0.3) is 0 Å². The summed E-state index contributed by atoms with van der Waals surface area (Å²) in [5.74, 6) is 0. The Morgan fingerprint density at radius 2 is 2.00 bits per heavy atom. The first kappa shape index (κ1) is 11.7. The third-order valence-corrected chi connectivity index (χ3v) is 2.37. The Morgan fingerprint density at radius 3 is 2.42 bits per heavy atom. The maximum Gasteiger partial charge on any atom is 0.0247 e. The molecule has 0 aromatic rings. The molecule has 0 N–H and O–H groups in total. The molecule has 0 fully saturated rings. The molecule has 0 spiro atoms. The van der Waals surface area contributed by atoms with Crippen LogP contribution in [0.4, 0.5) is 0 Å². The van der Waals surface area contributed by atoms with Crippen molar-refractivity contribution in [3.05, 3.63) is 12.7 Å². The van der Waals surface area contributed by atoms with Gasteiger partial charge in [-0.05, 0) is 26.4 Å². The minimum Gasteiger partial charge on any atom is -0.298 e. The van der Waals surface area contributed by atoms with Gasteiger partial charge in [-0.1, -0.05) is 32.8 Å². The number of hydrogen-bond acceptors (Lipinski definition) is 1. The molecular weight excluding hydrogens is 146 g/mol.